The molecule has 0 saturated carbocycles. The van der Waals surface area contributed by atoms with Crippen LogP contribution >= 0.6 is 11.8 Å². The molecule has 0 radical (unpaired) electrons. The van der Waals surface area contributed by atoms with Crippen molar-refractivity contribution in [3.05, 3.63) is 83.9 Å². The number of rotatable bonds is 7. The van der Waals surface area contributed by atoms with E-state index in [4.69, 9.17) is 4.74 Å². The Kier molecular flexibility index (Phi) is 7.23. The van der Waals surface area contributed by atoms with Crippen molar-refractivity contribution in [2.45, 2.75) is 16.6 Å². The van der Waals surface area contributed by atoms with Gasteiger partial charge in [0, 0.05) is 27.1 Å². The highest BCUT2D eigenvalue weighted by Crippen LogP contribution is 2.33. The van der Waals surface area contributed by atoms with Gasteiger partial charge in [0.1, 0.15) is 5.75 Å². The van der Waals surface area contributed by atoms with Gasteiger partial charge in [-0.05, 0) is 67.1 Å². The molecule has 7 nitrogen and oxygen atoms in total. The number of hydrogen-bond donors (Lipinski definition) is 2. The lowest BCUT2D eigenvalue weighted by molar-refractivity contribution is 0.101. The number of thioether (sulfide) groups is 1. The number of benzene rings is 3. The Morgan fingerprint density at radius 1 is 0.882 bits per heavy atom. The first-order valence-electron chi connectivity index (χ1n) is 10.7. The van der Waals surface area contributed by atoms with Gasteiger partial charge in [-0.2, -0.15) is 0 Å². The second-order valence-electron chi connectivity index (χ2n) is 7.85. The van der Waals surface area contributed by atoms with Crippen LogP contribution in [-0.4, -0.2) is 44.1 Å². The lowest BCUT2D eigenvalue weighted by atomic mass is 10.1. The SMILES string of the molecule is COc1ccc(NC(=O)c2ccc(NC(=O)c3ccccc3SC3CCS(=O)(=O)C3)cc2)cc1. The minimum Gasteiger partial charge on any atom is -0.497 e. The molecular formula is C25H24N2O5S2. The third kappa shape index (κ3) is 5.98. The predicted molar refractivity (Wildman–Crippen MR) is 135 cm³/mol. The van der Waals surface area contributed by atoms with E-state index in [2.05, 4.69) is 10.6 Å². The number of carbonyl (C=O) groups excluding carboxylic acids is 2. The zero-order chi connectivity index (χ0) is 24.1. The highest BCUT2D eigenvalue weighted by Gasteiger charge is 2.29. The molecule has 1 heterocycles. The molecular weight excluding hydrogens is 472 g/mol. The van der Waals surface area contributed by atoms with Crippen molar-refractivity contribution in [1.82, 2.24) is 0 Å². The van der Waals surface area contributed by atoms with E-state index in [1.807, 2.05) is 12.1 Å². The summed E-state index contributed by atoms with van der Waals surface area (Å²) in [5, 5.41) is 5.61. The lowest BCUT2D eigenvalue weighted by Gasteiger charge is -2.13. The van der Waals surface area contributed by atoms with E-state index < -0.39 is 9.84 Å². The molecule has 1 aliphatic heterocycles. The van der Waals surface area contributed by atoms with Crippen molar-refractivity contribution in [1.29, 1.82) is 0 Å². The Balaban J connectivity index is 1.39. The van der Waals surface area contributed by atoms with Crippen LogP contribution in [-0.2, 0) is 9.84 Å². The largest absolute Gasteiger partial charge is 0.497 e. The summed E-state index contributed by atoms with van der Waals surface area (Å²) in [7, 11) is -1.41. The number of ether oxygens (including phenoxy) is 1. The summed E-state index contributed by atoms with van der Waals surface area (Å²) in [6.07, 6.45) is 0.586. The summed E-state index contributed by atoms with van der Waals surface area (Å²) in [5.41, 5.74) is 2.13. The Morgan fingerprint density at radius 3 is 2.12 bits per heavy atom. The van der Waals surface area contributed by atoms with Gasteiger partial charge in [-0.15, -0.1) is 11.8 Å². The molecule has 0 spiro atoms. The van der Waals surface area contributed by atoms with Gasteiger partial charge in [0.15, 0.2) is 9.84 Å². The Bertz CT molecular complexity index is 1290. The number of methoxy groups -OCH3 is 1. The molecule has 0 aromatic heterocycles. The molecule has 1 unspecified atom stereocenters. The van der Waals surface area contributed by atoms with Crippen molar-refractivity contribution in [2.24, 2.45) is 0 Å². The van der Waals surface area contributed by atoms with Crippen molar-refractivity contribution in [3.63, 3.8) is 0 Å². The van der Waals surface area contributed by atoms with Crippen molar-refractivity contribution >= 4 is 44.8 Å². The third-order valence-corrected chi connectivity index (χ3v) is 8.69. The molecule has 2 N–H and O–H groups in total. The van der Waals surface area contributed by atoms with Crippen molar-refractivity contribution < 1.29 is 22.7 Å². The highest BCUT2D eigenvalue weighted by molar-refractivity contribution is 8.02. The first kappa shape index (κ1) is 23.8. The van der Waals surface area contributed by atoms with E-state index in [1.165, 1.54) is 11.8 Å². The van der Waals surface area contributed by atoms with Gasteiger partial charge in [-0.25, -0.2) is 8.42 Å². The number of sulfone groups is 1. The first-order chi connectivity index (χ1) is 16.3. The topological polar surface area (TPSA) is 102 Å². The molecule has 4 rings (SSSR count). The maximum atomic E-state index is 12.9. The number of anilines is 2. The minimum atomic E-state index is -2.99. The minimum absolute atomic E-state index is 0.0533. The van der Waals surface area contributed by atoms with E-state index in [0.29, 0.717) is 34.7 Å². The van der Waals surface area contributed by atoms with Crippen LogP contribution in [0.4, 0.5) is 11.4 Å². The molecule has 0 bridgehead atoms. The predicted octanol–water partition coefficient (Wildman–Crippen LogP) is 4.48. The van der Waals surface area contributed by atoms with E-state index in [9.17, 15) is 18.0 Å². The summed E-state index contributed by atoms with van der Waals surface area (Å²) in [6, 6.07) is 20.8. The second kappa shape index (κ2) is 10.3. The molecule has 3 aromatic carbocycles. The molecule has 1 atom stereocenters. The molecule has 176 valence electrons. The van der Waals surface area contributed by atoms with Gasteiger partial charge in [0.2, 0.25) is 0 Å². The average Bonchev–Trinajstić information content (AvgIpc) is 3.18. The average molecular weight is 497 g/mol. The first-order valence-corrected chi connectivity index (χ1v) is 13.4. The van der Waals surface area contributed by atoms with Gasteiger partial charge in [0.25, 0.3) is 11.8 Å². The summed E-state index contributed by atoms with van der Waals surface area (Å²) in [5.74, 6) is 0.465. The van der Waals surface area contributed by atoms with Gasteiger partial charge < -0.3 is 15.4 Å². The number of carbonyl (C=O) groups is 2. The van der Waals surface area contributed by atoms with E-state index in [-0.39, 0.29) is 28.6 Å². The van der Waals surface area contributed by atoms with E-state index in [1.54, 1.807) is 67.8 Å². The maximum absolute atomic E-state index is 12.9. The molecule has 1 aliphatic rings. The van der Waals surface area contributed by atoms with Gasteiger partial charge in [-0.3, -0.25) is 9.59 Å². The highest BCUT2D eigenvalue weighted by atomic mass is 32.2. The van der Waals surface area contributed by atoms with Crippen molar-refractivity contribution in [3.8, 4) is 5.75 Å². The van der Waals surface area contributed by atoms with Gasteiger partial charge in [0.05, 0.1) is 24.2 Å². The number of nitrogens with one attached hydrogen (secondary N) is 2. The zero-order valence-electron chi connectivity index (χ0n) is 18.5. The smallest absolute Gasteiger partial charge is 0.256 e. The quantitative estimate of drug-likeness (QED) is 0.500. The third-order valence-electron chi connectivity index (χ3n) is 5.37. The van der Waals surface area contributed by atoms with Gasteiger partial charge in [-0.1, -0.05) is 12.1 Å². The van der Waals surface area contributed by atoms with Crippen molar-refractivity contribution in [2.75, 3.05) is 29.2 Å². The fraction of sp³-hybridized carbons (Fsp3) is 0.200. The monoisotopic (exact) mass is 496 g/mol. The van der Waals surface area contributed by atoms with Crippen LogP contribution in [0.15, 0.2) is 77.7 Å². The molecule has 9 heteroatoms. The normalized spacial score (nSPS) is 16.6. The van der Waals surface area contributed by atoms with Crippen LogP contribution in [0.5, 0.6) is 5.75 Å². The van der Waals surface area contributed by atoms with Crippen LogP contribution in [0.3, 0.4) is 0 Å². The fourth-order valence-corrected chi connectivity index (χ4v) is 7.20. The van der Waals surface area contributed by atoms with Gasteiger partial charge >= 0.3 is 0 Å². The Hall–Kier alpha value is -3.30. The molecule has 1 fully saturated rings. The molecule has 1 saturated heterocycles. The van der Waals surface area contributed by atoms with E-state index in [0.717, 1.165) is 4.90 Å². The zero-order valence-corrected chi connectivity index (χ0v) is 20.1. The molecule has 0 aliphatic carbocycles. The number of amides is 2. The van der Waals surface area contributed by atoms with Crippen LogP contribution in [0.25, 0.3) is 0 Å². The Morgan fingerprint density at radius 2 is 1.50 bits per heavy atom. The fourth-order valence-electron chi connectivity index (χ4n) is 3.57. The molecule has 34 heavy (non-hydrogen) atoms. The van der Waals surface area contributed by atoms with Crippen LogP contribution in [0.2, 0.25) is 0 Å². The lowest BCUT2D eigenvalue weighted by Crippen LogP contribution is -2.15. The second-order valence-corrected chi connectivity index (χ2v) is 11.4. The Labute approximate surface area is 202 Å². The van der Waals surface area contributed by atoms with Crippen LogP contribution in [0.1, 0.15) is 27.1 Å². The summed E-state index contributed by atoms with van der Waals surface area (Å²) in [4.78, 5) is 26.2. The summed E-state index contributed by atoms with van der Waals surface area (Å²) >= 11 is 1.43. The number of hydrogen-bond acceptors (Lipinski definition) is 6. The van der Waals surface area contributed by atoms with Crippen LogP contribution in [0, 0.1) is 0 Å². The maximum Gasteiger partial charge on any atom is 0.256 e. The molecule has 3 aromatic rings. The molecule has 2 amide bonds. The standard InChI is InChI=1S/C25H24N2O5S2/c1-32-20-12-10-19(11-13-20)26-24(28)17-6-8-18(9-7-17)27-25(29)22-4-2-3-5-23(22)33-21-14-15-34(30,31)16-21/h2-13,21H,14-16H2,1H3,(H,26,28)(H,27,29). The summed E-state index contributed by atoms with van der Waals surface area (Å²) < 4.78 is 28.6. The van der Waals surface area contributed by atoms with Crippen LogP contribution < -0.4 is 15.4 Å². The van der Waals surface area contributed by atoms with E-state index >= 15 is 0 Å². The summed E-state index contributed by atoms with van der Waals surface area (Å²) in [6.45, 7) is 0.